The molecule has 0 aliphatic carbocycles. The van der Waals surface area contributed by atoms with Crippen LogP contribution in [0, 0.1) is 11.8 Å². The molecule has 0 unspecified atom stereocenters. The summed E-state index contributed by atoms with van der Waals surface area (Å²) in [6.45, 7) is 0. The number of hydrogen-bond donors (Lipinski definition) is 0. The van der Waals surface area contributed by atoms with Crippen molar-refractivity contribution in [2.24, 2.45) is 0 Å². The number of hydrogen-bond acceptors (Lipinski definition) is 1. The highest BCUT2D eigenvalue weighted by molar-refractivity contribution is 6.06. The van der Waals surface area contributed by atoms with Crippen LogP contribution in [0.5, 0.6) is 0 Å². The fourth-order valence-corrected chi connectivity index (χ4v) is 2.51. The molecule has 0 spiro atoms. The first kappa shape index (κ1) is 11.8. The lowest BCUT2D eigenvalue weighted by Crippen LogP contribution is -1.76. The van der Waals surface area contributed by atoms with Crippen LogP contribution in [0.2, 0.25) is 0 Å². The number of benzene rings is 3. The Morgan fingerprint density at radius 1 is 0.619 bits per heavy atom. The standard InChI is InChI=1S/C20H12O/c1-2-7-15(8-3-1)13-14-16-9-6-11-18-17-10-4-5-12-19(17)21-20(16)18/h1-12H. The first-order valence-electron chi connectivity index (χ1n) is 6.89. The third-order valence-corrected chi connectivity index (χ3v) is 3.52. The van der Waals surface area contributed by atoms with Gasteiger partial charge in [-0.3, -0.25) is 0 Å². The number of para-hydroxylation sites is 2. The molecule has 0 atom stereocenters. The van der Waals surface area contributed by atoms with Gasteiger partial charge in [0.2, 0.25) is 0 Å². The minimum absolute atomic E-state index is 0.863. The van der Waals surface area contributed by atoms with Crippen LogP contribution in [-0.4, -0.2) is 0 Å². The average molecular weight is 268 g/mol. The summed E-state index contributed by atoms with van der Waals surface area (Å²) >= 11 is 0. The smallest absolute Gasteiger partial charge is 0.151 e. The maximum atomic E-state index is 5.97. The van der Waals surface area contributed by atoms with Gasteiger partial charge in [-0.25, -0.2) is 0 Å². The third-order valence-electron chi connectivity index (χ3n) is 3.52. The molecule has 3 aromatic carbocycles. The molecule has 0 bridgehead atoms. The van der Waals surface area contributed by atoms with Crippen molar-refractivity contribution in [2.75, 3.05) is 0 Å². The summed E-state index contributed by atoms with van der Waals surface area (Å²) in [6.07, 6.45) is 0. The highest BCUT2D eigenvalue weighted by Crippen LogP contribution is 2.30. The predicted molar refractivity (Wildman–Crippen MR) is 86.1 cm³/mol. The SMILES string of the molecule is C(#Cc1cccc2c1oc1ccccc12)c1ccccc1. The fourth-order valence-electron chi connectivity index (χ4n) is 2.51. The highest BCUT2D eigenvalue weighted by Gasteiger charge is 2.08. The Morgan fingerprint density at radius 2 is 1.38 bits per heavy atom. The zero-order valence-corrected chi connectivity index (χ0v) is 11.3. The average Bonchev–Trinajstić information content (AvgIpc) is 2.93. The van der Waals surface area contributed by atoms with Crippen LogP contribution >= 0.6 is 0 Å². The third kappa shape index (κ3) is 2.07. The van der Waals surface area contributed by atoms with Crippen LogP contribution in [0.25, 0.3) is 21.9 Å². The lowest BCUT2D eigenvalue weighted by molar-refractivity contribution is 0.668. The Balaban J connectivity index is 1.92. The molecule has 1 heteroatoms. The van der Waals surface area contributed by atoms with Gasteiger partial charge >= 0.3 is 0 Å². The van der Waals surface area contributed by atoms with Crippen LogP contribution < -0.4 is 0 Å². The summed E-state index contributed by atoms with van der Waals surface area (Å²) in [6, 6.07) is 24.2. The van der Waals surface area contributed by atoms with Gasteiger partial charge < -0.3 is 4.42 Å². The molecule has 4 rings (SSSR count). The number of furan rings is 1. The van der Waals surface area contributed by atoms with E-state index >= 15 is 0 Å². The second-order valence-corrected chi connectivity index (χ2v) is 4.90. The van der Waals surface area contributed by atoms with Crippen molar-refractivity contribution < 1.29 is 4.42 Å². The predicted octanol–water partition coefficient (Wildman–Crippen LogP) is 4.99. The topological polar surface area (TPSA) is 13.1 Å². The van der Waals surface area contributed by atoms with E-state index in [4.69, 9.17) is 4.42 Å². The van der Waals surface area contributed by atoms with Gasteiger partial charge in [-0.1, -0.05) is 60.4 Å². The van der Waals surface area contributed by atoms with E-state index in [0.717, 1.165) is 33.1 Å². The molecule has 1 heterocycles. The van der Waals surface area contributed by atoms with E-state index in [-0.39, 0.29) is 0 Å². The van der Waals surface area contributed by atoms with E-state index in [1.165, 1.54) is 0 Å². The van der Waals surface area contributed by atoms with E-state index in [9.17, 15) is 0 Å². The first-order valence-corrected chi connectivity index (χ1v) is 6.89. The Morgan fingerprint density at radius 3 is 2.29 bits per heavy atom. The van der Waals surface area contributed by atoms with Crippen molar-refractivity contribution in [1.82, 2.24) is 0 Å². The summed E-state index contributed by atoms with van der Waals surface area (Å²) in [5, 5.41) is 2.25. The molecule has 4 aromatic rings. The number of rotatable bonds is 0. The molecule has 0 aliphatic heterocycles. The molecule has 0 saturated heterocycles. The van der Waals surface area contributed by atoms with Crippen molar-refractivity contribution in [2.45, 2.75) is 0 Å². The van der Waals surface area contributed by atoms with Gasteiger partial charge in [0.15, 0.2) is 5.58 Å². The summed E-state index contributed by atoms with van der Waals surface area (Å²) in [5.74, 6) is 6.41. The highest BCUT2D eigenvalue weighted by atomic mass is 16.3. The van der Waals surface area contributed by atoms with Crippen LogP contribution in [0.3, 0.4) is 0 Å². The van der Waals surface area contributed by atoms with Gasteiger partial charge in [0, 0.05) is 16.3 Å². The Bertz CT molecular complexity index is 982. The Hall–Kier alpha value is -2.98. The monoisotopic (exact) mass is 268 g/mol. The molecule has 0 N–H and O–H groups in total. The minimum atomic E-state index is 0.863. The summed E-state index contributed by atoms with van der Waals surface area (Å²) < 4.78 is 5.97. The van der Waals surface area contributed by atoms with Gasteiger partial charge in [0.05, 0.1) is 5.56 Å². The molecule has 0 radical (unpaired) electrons. The van der Waals surface area contributed by atoms with E-state index in [1.54, 1.807) is 0 Å². The van der Waals surface area contributed by atoms with Crippen molar-refractivity contribution >= 4 is 21.9 Å². The molecular formula is C20H12O. The van der Waals surface area contributed by atoms with Crippen LogP contribution in [0.1, 0.15) is 11.1 Å². The first-order chi connectivity index (χ1) is 10.4. The normalized spacial score (nSPS) is 10.5. The summed E-state index contributed by atoms with van der Waals surface area (Å²) in [5.41, 5.74) is 3.70. The maximum Gasteiger partial charge on any atom is 0.151 e. The zero-order chi connectivity index (χ0) is 14.1. The van der Waals surface area contributed by atoms with Crippen LogP contribution in [0.15, 0.2) is 77.2 Å². The molecule has 0 aliphatic rings. The van der Waals surface area contributed by atoms with Gasteiger partial charge in [-0.15, -0.1) is 0 Å². The van der Waals surface area contributed by atoms with Crippen molar-refractivity contribution in [3.05, 3.63) is 83.9 Å². The molecule has 1 aromatic heterocycles. The fraction of sp³-hybridized carbons (Fsp3) is 0. The van der Waals surface area contributed by atoms with E-state index in [1.807, 2.05) is 60.7 Å². The minimum Gasteiger partial charge on any atom is -0.455 e. The van der Waals surface area contributed by atoms with Gasteiger partial charge in [0.1, 0.15) is 5.58 Å². The van der Waals surface area contributed by atoms with Crippen LogP contribution in [0.4, 0.5) is 0 Å². The Labute approximate surface area is 122 Å². The molecule has 21 heavy (non-hydrogen) atoms. The quantitative estimate of drug-likeness (QED) is 0.410. The Kier molecular flexibility index (Phi) is 2.73. The van der Waals surface area contributed by atoms with Crippen LogP contribution in [-0.2, 0) is 0 Å². The molecule has 98 valence electrons. The van der Waals surface area contributed by atoms with Crippen molar-refractivity contribution in [3.63, 3.8) is 0 Å². The molecule has 1 nitrogen and oxygen atoms in total. The molecular weight excluding hydrogens is 256 g/mol. The molecule has 0 saturated carbocycles. The van der Waals surface area contributed by atoms with E-state index in [2.05, 4.69) is 24.0 Å². The van der Waals surface area contributed by atoms with Gasteiger partial charge in [-0.2, -0.15) is 0 Å². The summed E-state index contributed by atoms with van der Waals surface area (Å²) in [4.78, 5) is 0. The van der Waals surface area contributed by atoms with Gasteiger partial charge in [0.25, 0.3) is 0 Å². The second kappa shape index (κ2) is 4.85. The number of fused-ring (bicyclic) bond motifs is 3. The van der Waals surface area contributed by atoms with E-state index in [0.29, 0.717) is 0 Å². The zero-order valence-electron chi connectivity index (χ0n) is 11.3. The maximum absolute atomic E-state index is 5.97. The largest absolute Gasteiger partial charge is 0.455 e. The van der Waals surface area contributed by atoms with E-state index < -0.39 is 0 Å². The lowest BCUT2D eigenvalue weighted by atomic mass is 10.1. The summed E-state index contributed by atoms with van der Waals surface area (Å²) in [7, 11) is 0. The van der Waals surface area contributed by atoms with Gasteiger partial charge in [-0.05, 0) is 24.3 Å². The molecule has 0 fully saturated rings. The lowest BCUT2D eigenvalue weighted by Gasteiger charge is -1.92. The second-order valence-electron chi connectivity index (χ2n) is 4.90. The van der Waals surface area contributed by atoms with Crippen molar-refractivity contribution in [1.29, 1.82) is 0 Å². The van der Waals surface area contributed by atoms with Crippen molar-refractivity contribution in [3.8, 4) is 11.8 Å². The molecule has 0 amide bonds.